The second-order valence-corrected chi connectivity index (χ2v) is 5.58. The zero-order valence-corrected chi connectivity index (χ0v) is 12.7. The molecule has 1 aromatic rings. The van der Waals surface area contributed by atoms with Gasteiger partial charge < -0.3 is 19.9 Å². The van der Waals surface area contributed by atoms with E-state index in [1.54, 1.807) is 12.1 Å². The first kappa shape index (κ1) is 17.2. The van der Waals surface area contributed by atoms with Crippen LogP contribution < -0.4 is 10.1 Å². The zero-order chi connectivity index (χ0) is 16.7. The van der Waals surface area contributed by atoms with Crippen molar-refractivity contribution >= 4 is 11.9 Å². The molecular formula is C16H20FNO5. The second-order valence-electron chi connectivity index (χ2n) is 5.58. The summed E-state index contributed by atoms with van der Waals surface area (Å²) < 4.78 is 23.8. The number of aliphatic carboxylic acids is 1. The van der Waals surface area contributed by atoms with E-state index in [1.807, 2.05) is 0 Å². The van der Waals surface area contributed by atoms with Gasteiger partial charge in [-0.25, -0.2) is 4.39 Å². The number of benzene rings is 1. The monoisotopic (exact) mass is 325 g/mol. The predicted octanol–water partition coefficient (Wildman–Crippen LogP) is 1.73. The zero-order valence-electron chi connectivity index (χ0n) is 12.7. The first-order valence-corrected chi connectivity index (χ1v) is 7.49. The Morgan fingerprint density at radius 1 is 1.39 bits per heavy atom. The fraction of sp³-hybridized carbons (Fsp3) is 0.500. The first-order chi connectivity index (χ1) is 11.0. The van der Waals surface area contributed by atoms with Crippen LogP contribution in [0, 0.1) is 5.82 Å². The maximum absolute atomic E-state index is 13.3. The Bertz CT molecular complexity index is 557. The number of ether oxygens (including phenoxy) is 2. The summed E-state index contributed by atoms with van der Waals surface area (Å²) in [7, 11) is 0. The number of amides is 1. The van der Waals surface area contributed by atoms with Crippen molar-refractivity contribution in [3.05, 3.63) is 30.1 Å². The molecule has 0 bridgehead atoms. The van der Waals surface area contributed by atoms with Crippen LogP contribution in [-0.4, -0.2) is 42.3 Å². The molecule has 7 heteroatoms. The van der Waals surface area contributed by atoms with E-state index in [0.717, 1.165) is 0 Å². The second kappa shape index (κ2) is 7.92. The van der Waals surface area contributed by atoms with Crippen molar-refractivity contribution in [1.29, 1.82) is 0 Å². The first-order valence-electron chi connectivity index (χ1n) is 7.49. The Kier molecular flexibility index (Phi) is 5.92. The van der Waals surface area contributed by atoms with Crippen LogP contribution >= 0.6 is 0 Å². The largest absolute Gasteiger partial charge is 0.491 e. The average Bonchev–Trinajstić information content (AvgIpc) is 2.92. The van der Waals surface area contributed by atoms with Crippen LogP contribution in [0.1, 0.15) is 25.7 Å². The molecule has 1 atom stereocenters. The molecule has 1 aromatic carbocycles. The van der Waals surface area contributed by atoms with Gasteiger partial charge in [0, 0.05) is 13.0 Å². The molecule has 1 fully saturated rings. The van der Waals surface area contributed by atoms with E-state index in [1.165, 1.54) is 12.1 Å². The summed E-state index contributed by atoms with van der Waals surface area (Å²) in [5.74, 6) is -1.52. The lowest BCUT2D eigenvalue weighted by Crippen LogP contribution is -2.50. The third kappa shape index (κ3) is 5.21. The Labute approximate surface area is 133 Å². The minimum Gasteiger partial charge on any atom is -0.491 e. The van der Waals surface area contributed by atoms with Crippen LogP contribution in [0.15, 0.2) is 24.3 Å². The van der Waals surface area contributed by atoms with Crippen molar-refractivity contribution in [2.75, 3.05) is 19.8 Å². The van der Waals surface area contributed by atoms with Gasteiger partial charge in [-0.2, -0.15) is 0 Å². The quantitative estimate of drug-likeness (QED) is 0.711. The molecule has 1 aliphatic rings. The number of carboxylic acid groups (broad SMARTS) is 1. The van der Waals surface area contributed by atoms with Crippen molar-refractivity contribution < 1.29 is 28.6 Å². The maximum Gasteiger partial charge on any atom is 0.305 e. The van der Waals surface area contributed by atoms with Crippen molar-refractivity contribution in [1.82, 2.24) is 5.32 Å². The summed E-state index contributed by atoms with van der Waals surface area (Å²) in [6, 6.07) is 6.06. The smallest absolute Gasteiger partial charge is 0.305 e. The molecule has 23 heavy (non-hydrogen) atoms. The molecule has 1 amide bonds. The minimum atomic E-state index is -0.973. The van der Waals surface area contributed by atoms with Crippen LogP contribution in [-0.2, 0) is 14.3 Å². The van der Waals surface area contributed by atoms with Crippen LogP contribution in [0.3, 0.4) is 0 Å². The number of hydrogen-bond donors (Lipinski definition) is 2. The van der Waals surface area contributed by atoms with Crippen LogP contribution in [0.25, 0.3) is 0 Å². The predicted molar refractivity (Wildman–Crippen MR) is 79.7 cm³/mol. The topological polar surface area (TPSA) is 84.9 Å². The molecule has 1 unspecified atom stereocenters. The van der Waals surface area contributed by atoms with Gasteiger partial charge in [0.25, 0.3) is 0 Å². The molecule has 6 nitrogen and oxygen atoms in total. The highest BCUT2D eigenvalue weighted by atomic mass is 19.1. The number of para-hydroxylation sites is 1. The Morgan fingerprint density at radius 3 is 2.83 bits per heavy atom. The van der Waals surface area contributed by atoms with Gasteiger partial charge in [-0.15, -0.1) is 0 Å². The average molecular weight is 325 g/mol. The summed E-state index contributed by atoms with van der Waals surface area (Å²) in [6.07, 6.45) is 0.904. The Hall–Kier alpha value is -2.15. The van der Waals surface area contributed by atoms with E-state index in [9.17, 15) is 14.0 Å². The van der Waals surface area contributed by atoms with Gasteiger partial charge in [0.05, 0.1) is 25.2 Å². The van der Waals surface area contributed by atoms with Crippen molar-refractivity contribution in [3.63, 3.8) is 0 Å². The molecule has 1 saturated heterocycles. The summed E-state index contributed by atoms with van der Waals surface area (Å²) in [6.45, 7) is 0.845. The van der Waals surface area contributed by atoms with Crippen LogP contribution in [0.4, 0.5) is 4.39 Å². The Balaban J connectivity index is 1.74. The van der Waals surface area contributed by atoms with E-state index in [2.05, 4.69) is 5.32 Å². The van der Waals surface area contributed by atoms with Gasteiger partial charge in [0.2, 0.25) is 5.91 Å². The standard InChI is InChI=1S/C16H20FNO5/c17-12-4-1-2-5-13(12)23-8-3-6-14(19)18-16(10-15(20)21)7-9-22-11-16/h1-2,4-5H,3,6-11H2,(H,18,19)(H,20,21). The third-order valence-corrected chi connectivity index (χ3v) is 3.64. The lowest BCUT2D eigenvalue weighted by molar-refractivity contribution is -0.139. The molecule has 0 saturated carbocycles. The number of carbonyl (C=O) groups excluding carboxylic acids is 1. The maximum atomic E-state index is 13.3. The van der Waals surface area contributed by atoms with Gasteiger partial charge in [0.15, 0.2) is 11.6 Å². The Morgan fingerprint density at radius 2 is 2.17 bits per heavy atom. The van der Waals surface area contributed by atoms with Gasteiger partial charge in [-0.3, -0.25) is 9.59 Å². The van der Waals surface area contributed by atoms with Crippen molar-refractivity contribution in [3.8, 4) is 5.75 Å². The molecular weight excluding hydrogens is 305 g/mol. The van der Waals surface area contributed by atoms with Crippen LogP contribution in [0.5, 0.6) is 5.75 Å². The molecule has 1 heterocycles. The highest BCUT2D eigenvalue weighted by Gasteiger charge is 2.38. The number of carboxylic acids is 1. The molecule has 2 N–H and O–H groups in total. The lowest BCUT2D eigenvalue weighted by Gasteiger charge is -2.27. The summed E-state index contributed by atoms with van der Waals surface area (Å²) in [4.78, 5) is 22.9. The van der Waals surface area contributed by atoms with Gasteiger partial charge in [0.1, 0.15) is 0 Å². The van der Waals surface area contributed by atoms with Crippen molar-refractivity contribution in [2.24, 2.45) is 0 Å². The summed E-state index contributed by atoms with van der Waals surface area (Å²) >= 11 is 0. The van der Waals surface area contributed by atoms with Gasteiger partial charge in [-0.1, -0.05) is 12.1 Å². The minimum absolute atomic E-state index is 0.152. The van der Waals surface area contributed by atoms with E-state index >= 15 is 0 Å². The van der Waals surface area contributed by atoms with E-state index in [4.69, 9.17) is 14.6 Å². The number of rotatable bonds is 8. The molecule has 126 valence electrons. The molecule has 0 radical (unpaired) electrons. The molecule has 1 aliphatic heterocycles. The van der Waals surface area contributed by atoms with Gasteiger partial charge in [-0.05, 0) is 25.0 Å². The number of carbonyl (C=O) groups is 2. The third-order valence-electron chi connectivity index (χ3n) is 3.64. The van der Waals surface area contributed by atoms with E-state index in [-0.39, 0.29) is 37.7 Å². The van der Waals surface area contributed by atoms with Gasteiger partial charge >= 0.3 is 5.97 Å². The highest BCUT2D eigenvalue weighted by molar-refractivity contribution is 5.78. The number of nitrogens with one attached hydrogen (secondary N) is 1. The summed E-state index contributed by atoms with van der Waals surface area (Å²) in [5, 5.41) is 11.7. The molecule has 2 rings (SSSR count). The number of hydrogen-bond acceptors (Lipinski definition) is 4. The SMILES string of the molecule is O=C(O)CC1(NC(=O)CCCOc2ccccc2F)CCOC1. The summed E-state index contributed by atoms with van der Waals surface area (Å²) in [5.41, 5.74) is -0.824. The lowest BCUT2D eigenvalue weighted by atomic mass is 9.94. The fourth-order valence-electron chi connectivity index (χ4n) is 2.51. The number of halogens is 1. The molecule has 0 aliphatic carbocycles. The van der Waals surface area contributed by atoms with E-state index < -0.39 is 17.3 Å². The molecule has 0 aromatic heterocycles. The normalized spacial score (nSPS) is 20.2. The van der Waals surface area contributed by atoms with Crippen LogP contribution in [0.2, 0.25) is 0 Å². The fourth-order valence-corrected chi connectivity index (χ4v) is 2.51. The molecule has 0 spiro atoms. The highest BCUT2D eigenvalue weighted by Crippen LogP contribution is 2.23. The van der Waals surface area contributed by atoms with Crippen molar-refractivity contribution in [2.45, 2.75) is 31.2 Å². The van der Waals surface area contributed by atoms with E-state index in [0.29, 0.717) is 19.4 Å².